The molecule has 0 atom stereocenters. The van der Waals surface area contributed by atoms with Crippen LogP contribution < -0.4 is 10.5 Å². The zero-order valence-corrected chi connectivity index (χ0v) is 10.5. The number of rotatable bonds is 2. The molecule has 0 spiro atoms. The maximum Gasteiger partial charge on any atom is 0.203 e. The van der Waals surface area contributed by atoms with Gasteiger partial charge in [-0.15, -0.1) is 0 Å². The van der Waals surface area contributed by atoms with Gasteiger partial charge < -0.3 is 10.5 Å². The maximum atomic E-state index is 13.5. The van der Waals surface area contributed by atoms with Gasteiger partial charge >= 0.3 is 0 Å². The zero-order valence-electron chi connectivity index (χ0n) is 8.88. The average Bonchev–Trinajstić information content (AvgIpc) is 2.34. The van der Waals surface area contributed by atoms with Gasteiger partial charge in [-0.05, 0) is 46.3 Å². The summed E-state index contributed by atoms with van der Waals surface area (Å²) in [6.07, 6.45) is 0. The van der Waals surface area contributed by atoms with Crippen LogP contribution in [-0.4, -0.2) is 0 Å². The predicted molar refractivity (Wildman–Crippen MR) is 64.9 cm³/mol. The van der Waals surface area contributed by atoms with Crippen LogP contribution in [0, 0.1) is 17.5 Å². The summed E-state index contributed by atoms with van der Waals surface area (Å²) < 4.78 is 44.8. The Hall–Kier alpha value is -1.69. The van der Waals surface area contributed by atoms with Gasteiger partial charge in [-0.3, -0.25) is 0 Å². The SMILES string of the molecule is Nc1ccc(F)c(F)c1Oc1ccc(F)c(Br)c1. The van der Waals surface area contributed by atoms with E-state index in [1.54, 1.807) is 0 Å². The molecule has 0 saturated heterocycles. The Morgan fingerprint density at radius 1 is 1.00 bits per heavy atom. The van der Waals surface area contributed by atoms with Crippen LogP contribution in [0.15, 0.2) is 34.8 Å². The second kappa shape index (κ2) is 4.89. The molecule has 0 aliphatic carbocycles. The van der Waals surface area contributed by atoms with E-state index in [1.165, 1.54) is 18.2 Å². The Balaban J connectivity index is 2.39. The van der Waals surface area contributed by atoms with Crippen molar-refractivity contribution in [2.24, 2.45) is 0 Å². The second-order valence-corrected chi connectivity index (χ2v) is 4.31. The second-order valence-electron chi connectivity index (χ2n) is 3.46. The Kier molecular flexibility index (Phi) is 3.47. The third kappa shape index (κ3) is 2.43. The molecule has 0 bridgehead atoms. The molecule has 0 fully saturated rings. The summed E-state index contributed by atoms with van der Waals surface area (Å²) in [5.41, 5.74) is 5.44. The van der Waals surface area contributed by atoms with Crippen molar-refractivity contribution >= 4 is 21.6 Å². The summed E-state index contributed by atoms with van der Waals surface area (Å²) in [5.74, 6) is -3.03. The number of benzene rings is 2. The highest BCUT2D eigenvalue weighted by atomic mass is 79.9. The molecule has 0 heterocycles. The largest absolute Gasteiger partial charge is 0.452 e. The van der Waals surface area contributed by atoms with E-state index in [-0.39, 0.29) is 15.9 Å². The quantitative estimate of drug-likeness (QED) is 0.841. The smallest absolute Gasteiger partial charge is 0.203 e. The molecule has 2 rings (SSSR count). The molecule has 2 N–H and O–H groups in total. The van der Waals surface area contributed by atoms with Gasteiger partial charge in [0.05, 0.1) is 10.2 Å². The molecule has 2 aromatic rings. The van der Waals surface area contributed by atoms with Gasteiger partial charge in [0.1, 0.15) is 11.6 Å². The van der Waals surface area contributed by atoms with E-state index < -0.39 is 23.2 Å². The number of hydrogen-bond acceptors (Lipinski definition) is 2. The summed E-state index contributed by atoms with van der Waals surface area (Å²) >= 11 is 2.96. The standard InChI is InChI=1S/C12H7BrF3NO/c13-7-5-6(1-2-8(7)14)18-12-10(17)4-3-9(15)11(12)16/h1-5H,17H2. The summed E-state index contributed by atoms with van der Waals surface area (Å²) in [6, 6.07) is 5.79. The first-order chi connectivity index (χ1) is 8.49. The van der Waals surface area contributed by atoms with E-state index in [4.69, 9.17) is 10.5 Å². The molecule has 2 nitrogen and oxygen atoms in total. The summed E-state index contributed by atoms with van der Waals surface area (Å²) in [6.45, 7) is 0. The van der Waals surface area contributed by atoms with Crippen molar-refractivity contribution in [1.29, 1.82) is 0 Å². The number of ether oxygens (including phenoxy) is 1. The minimum atomic E-state index is -1.18. The van der Waals surface area contributed by atoms with Crippen molar-refractivity contribution in [1.82, 2.24) is 0 Å². The molecule has 0 aliphatic rings. The van der Waals surface area contributed by atoms with Crippen molar-refractivity contribution in [3.63, 3.8) is 0 Å². The van der Waals surface area contributed by atoms with Gasteiger partial charge in [0.2, 0.25) is 5.82 Å². The fourth-order valence-corrected chi connectivity index (χ4v) is 1.67. The fraction of sp³-hybridized carbons (Fsp3) is 0. The normalized spacial score (nSPS) is 10.4. The van der Waals surface area contributed by atoms with Gasteiger partial charge in [-0.25, -0.2) is 8.78 Å². The van der Waals surface area contributed by atoms with Crippen molar-refractivity contribution in [2.75, 3.05) is 5.73 Å². The van der Waals surface area contributed by atoms with Gasteiger partial charge in [0.25, 0.3) is 0 Å². The lowest BCUT2D eigenvalue weighted by atomic mass is 10.2. The van der Waals surface area contributed by atoms with E-state index in [9.17, 15) is 13.2 Å². The lowest BCUT2D eigenvalue weighted by Crippen LogP contribution is -1.98. The molecule has 0 aromatic heterocycles. The monoisotopic (exact) mass is 317 g/mol. The molecule has 0 saturated carbocycles. The van der Waals surface area contributed by atoms with Crippen molar-refractivity contribution < 1.29 is 17.9 Å². The first-order valence-corrected chi connectivity index (χ1v) is 5.64. The number of nitrogens with two attached hydrogens (primary N) is 1. The Labute approximate surface area is 109 Å². The minimum absolute atomic E-state index is 0.0469. The summed E-state index contributed by atoms with van der Waals surface area (Å²) in [5, 5.41) is 0. The van der Waals surface area contributed by atoms with Crippen LogP contribution in [0.2, 0.25) is 0 Å². The van der Waals surface area contributed by atoms with Gasteiger partial charge in [0.15, 0.2) is 11.6 Å². The van der Waals surface area contributed by atoms with Crippen LogP contribution in [0.5, 0.6) is 11.5 Å². The zero-order chi connectivity index (χ0) is 13.3. The molecule has 0 radical (unpaired) electrons. The van der Waals surface area contributed by atoms with Crippen LogP contribution in [0.1, 0.15) is 0 Å². The highest BCUT2D eigenvalue weighted by Crippen LogP contribution is 2.33. The summed E-state index contributed by atoms with van der Waals surface area (Å²) in [4.78, 5) is 0. The first kappa shape index (κ1) is 12.8. The van der Waals surface area contributed by atoms with E-state index in [1.807, 2.05) is 0 Å². The minimum Gasteiger partial charge on any atom is -0.452 e. The predicted octanol–water partition coefficient (Wildman–Crippen LogP) is 4.24. The molecule has 0 aliphatic heterocycles. The summed E-state index contributed by atoms with van der Waals surface area (Å²) in [7, 11) is 0. The van der Waals surface area contributed by atoms with Crippen LogP contribution >= 0.6 is 15.9 Å². The van der Waals surface area contributed by atoms with Crippen molar-refractivity contribution in [2.45, 2.75) is 0 Å². The highest BCUT2D eigenvalue weighted by Gasteiger charge is 2.14. The van der Waals surface area contributed by atoms with Crippen LogP contribution in [0.4, 0.5) is 18.9 Å². The van der Waals surface area contributed by atoms with E-state index in [2.05, 4.69) is 15.9 Å². The van der Waals surface area contributed by atoms with E-state index in [0.717, 1.165) is 12.1 Å². The third-order valence-electron chi connectivity index (χ3n) is 2.19. The molecular weight excluding hydrogens is 311 g/mol. The molecule has 18 heavy (non-hydrogen) atoms. The van der Waals surface area contributed by atoms with E-state index >= 15 is 0 Å². The fourth-order valence-electron chi connectivity index (χ4n) is 1.31. The first-order valence-electron chi connectivity index (χ1n) is 4.85. The number of halogens is 4. The lowest BCUT2D eigenvalue weighted by molar-refractivity contribution is 0.417. The Bertz CT molecular complexity index is 604. The Morgan fingerprint density at radius 3 is 2.33 bits per heavy atom. The molecule has 2 aromatic carbocycles. The highest BCUT2D eigenvalue weighted by molar-refractivity contribution is 9.10. The maximum absolute atomic E-state index is 13.5. The van der Waals surface area contributed by atoms with Crippen LogP contribution in [0.25, 0.3) is 0 Å². The molecule has 0 unspecified atom stereocenters. The lowest BCUT2D eigenvalue weighted by Gasteiger charge is -2.10. The topological polar surface area (TPSA) is 35.2 Å². The Morgan fingerprint density at radius 2 is 1.67 bits per heavy atom. The molecule has 94 valence electrons. The van der Waals surface area contributed by atoms with Gasteiger partial charge in [-0.1, -0.05) is 0 Å². The average molecular weight is 318 g/mol. The molecule has 6 heteroatoms. The molecular formula is C12H7BrF3NO. The van der Waals surface area contributed by atoms with Crippen molar-refractivity contribution in [3.8, 4) is 11.5 Å². The van der Waals surface area contributed by atoms with Gasteiger partial charge in [0, 0.05) is 0 Å². The van der Waals surface area contributed by atoms with E-state index in [0.29, 0.717) is 0 Å². The van der Waals surface area contributed by atoms with Crippen LogP contribution in [-0.2, 0) is 0 Å². The number of nitrogen functional groups attached to an aromatic ring is 1. The molecule has 0 amide bonds. The van der Waals surface area contributed by atoms with Crippen LogP contribution in [0.3, 0.4) is 0 Å². The number of hydrogen-bond donors (Lipinski definition) is 1. The van der Waals surface area contributed by atoms with Gasteiger partial charge in [-0.2, -0.15) is 4.39 Å². The third-order valence-corrected chi connectivity index (χ3v) is 2.80. The number of anilines is 1. The van der Waals surface area contributed by atoms with Crippen molar-refractivity contribution in [3.05, 3.63) is 52.3 Å².